The van der Waals surface area contributed by atoms with Gasteiger partial charge < -0.3 is 4.74 Å². The molecule has 5 heteroatoms. The molecular formula is C49H56N4O. The van der Waals surface area contributed by atoms with Crippen LogP contribution < -0.4 is 4.74 Å². The number of aromatic nitrogens is 4. The van der Waals surface area contributed by atoms with E-state index in [-0.39, 0.29) is 5.41 Å². The van der Waals surface area contributed by atoms with Gasteiger partial charge in [0, 0.05) is 34.7 Å². The Hall–Kier alpha value is -5.16. The van der Waals surface area contributed by atoms with Crippen molar-refractivity contribution in [2.45, 2.75) is 101 Å². The predicted octanol–water partition coefficient (Wildman–Crippen LogP) is 13.1. The summed E-state index contributed by atoms with van der Waals surface area (Å²) < 4.78 is 11.4. The number of aryl methyl sites for hydroxylation is 4. The molecule has 5 nitrogen and oxygen atoms in total. The first-order valence-electron chi connectivity index (χ1n) is 19.7. The van der Waals surface area contributed by atoms with Crippen molar-refractivity contribution in [1.82, 2.24) is 19.3 Å². The Labute approximate surface area is 322 Å². The standard InChI is InChI=1S/C49H56N4O/c1-30(2)16-19-44-48(47-33(6)23-32(5)24-34(47)7)35(8)51-53(44)38-26-37(49(9,10)11)27-40(28-38)54-39-17-18-42-41-14-12-13-15-43(41)52(45(42)29-39)46-25-36(20-21-50-46)22-31(3)4/h12-15,17-18,20-21,23-31H,16,19,22H2,1-11H3. The van der Waals surface area contributed by atoms with Crippen LogP contribution in [-0.2, 0) is 18.3 Å². The van der Waals surface area contributed by atoms with Crippen LogP contribution in [0.2, 0.25) is 0 Å². The van der Waals surface area contributed by atoms with Crippen LogP contribution in [0, 0.1) is 39.5 Å². The maximum absolute atomic E-state index is 6.88. The summed E-state index contributed by atoms with van der Waals surface area (Å²) in [6, 6.07) is 30.7. The van der Waals surface area contributed by atoms with E-state index >= 15 is 0 Å². The lowest BCUT2D eigenvalue weighted by Crippen LogP contribution is -2.13. The molecule has 0 saturated heterocycles. The predicted molar refractivity (Wildman–Crippen MR) is 227 cm³/mol. The van der Waals surface area contributed by atoms with Crippen LogP contribution >= 0.6 is 0 Å². The molecular weight excluding hydrogens is 661 g/mol. The molecule has 3 heterocycles. The molecule has 0 saturated carbocycles. The number of nitrogens with zero attached hydrogens (tertiary/aromatic N) is 4. The summed E-state index contributed by atoms with van der Waals surface area (Å²) in [7, 11) is 0. The second-order valence-electron chi connectivity index (χ2n) is 17.2. The van der Waals surface area contributed by atoms with Gasteiger partial charge in [0.15, 0.2) is 0 Å². The maximum atomic E-state index is 6.88. The van der Waals surface area contributed by atoms with Gasteiger partial charge in [-0.05, 0) is 134 Å². The van der Waals surface area contributed by atoms with Crippen LogP contribution in [0.3, 0.4) is 0 Å². The van der Waals surface area contributed by atoms with Crippen molar-refractivity contribution in [3.05, 3.63) is 130 Å². The summed E-state index contributed by atoms with van der Waals surface area (Å²) in [5, 5.41) is 7.67. The molecule has 0 unspecified atom stereocenters. The van der Waals surface area contributed by atoms with Crippen molar-refractivity contribution in [3.8, 4) is 34.1 Å². The van der Waals surface area contributed by atoms with E-state index in [1.165, 1.54) is 55.4 Å². The quantitative estimate of drug-likeness (QED) is 0.142. The van der Waals surface area contributed by atoms with Gasteiger partial charge >= 0.3 is 0 Å². The fraction of sp³-hybridized carbons (Fsp3) is 0.347. The van der Waals surface area contributed by atoms with Gasteiger partial charge in [-0.1, -0.05) is 84.4 Å². The van der Waals surface area contributed by atoms with Crippen LogP contribution in [0.25, 0.3) is 44.4 Å². The molecule has 0 spiro atoms. The molecule has 0 amide bonds. The van der Waals surface area contributed by atoms with E-state index in [1.54, 1.807) is 0 Å². The van der Waals surface area contributed by atoms with Crippen LogP contribution in [0.4, 0.5) is 0 Å². The van der Waals surface area contributed by atoms with Crippen molar-refractivity contribution >= 4 is 21.8 Å². The summed E-state index contributed by atoms with van der Waals surface area (Å²) in [6.07, 6.45) is 4.96. The third-order valence-electron chi connectivity index (χ3n) is 10.6. The highest BCUT2D eigenvalue weighted by Gasteiger charge is 2.24. The number of pyridine rings is 1. The first-order valence-corrected chi connectivity index (χ1v) is 19.7. The first-order chi connectivity index (χ1) is 25.7. The molecule has 0 N–H and O–H groups in total. The zero-order chi connectivity index (χ0) is 38.5. The number of benzene rings is 4. The average molecular weight is 717 g/mol. The van der Waals surface area contributed by atoms with E-state index in [4.69, 9.17) is 14.8 Å². The minimum Gasteiger partial charge on any atom is -0.457 e. The Kier molecular flexibility index (Phi) is 10.0. The summed E-state index contributed by atoms with van der Waals surface area (Å²) >= 11 is 0. The third kappa shape index (κ3) is 7.33. The molecule has 3 aromatic heterocycles. The van der Waals surface area contributed by atoms with E-state index in [0.29, 0.717) is 11.8 Å². The molecule has 7 rings (SSSR count). The Balaban J connectivity index is 1.37. The van der Waals surface area contributed by atoms with Crippen molar-refractivity contribution in [3.63, 3.8) is 0 Å². The number of rotatable bonds is 10. The van der Waals surface area contributed by atoms with Gasteiger partial charge in [0.2, 0.25) is 0 Å². The van der Waals surface area contributed by atoms with Crippen LogP contribution in [0.5, 0.6) is 11.5 Å². The zero-order valence-electron chi connectivity index (χ0n) is 34.1. The molecule has 0 bridgehead atoms. The van der Waals surface area contributed by atoms with Gasteiger partial charge in [0.25, 0.3) is 0 Å². The molecule has 0 atom stereocenters. The summed E-state index contributed by atoms with van der Waals surface area (Å²) in [5.41, 5.74) is 14.4. The van der Waals surface area contributed by atoms with E-state index < -0.39 is 0 Å². The van der Waals surface area contributed by atoms with Crippen LogP contribution in [-0.4, -0.2) is 19.3 Å². The number of hydrogen-bond donors (Lipinski definition) is 0. The average Bonchev–Trinajstić information content (AvgIpc) is 3.60. The Morgan fingerprint density at radius 3 is 2.13 bits per heavy atom. The summed E-state index contributed by atoms with van der Waals surface area (Å²) in [4.78, 5) is 4.88. The lowest BCUT2D eigenvalue weighted by atomic mass is 9.86. The molecule has 278 valence electrons. The van der Waals surface area contributed by atoms with Gasteiger partial charge in [0.05, 0.1) is 28.1 Å². The van der Waals surface area contributed by atoms with Gasteiger partial charge in [-0.25, -0.2) is 9.67 Å². The minimum atomic E-state index is -0.107. The normalized spacial score (nSPS) is 12.2. The second-order valence-corrected chi connectivity index (χ2v) is 17.2. The molecule has 0 radical (unpaired) electrons. The van der Waals surface area contributed by atoms with E-state index in [2.05, 4.69) is 170 Å². The third-order valence-corrected chi connectivity index (χ3v) is 10.6. The largest absolute Gasteiger partial charge is 0.457 e. The monoisotopic (exact) mass is 716 g/mol. The van der Waals surface area contributed by atoms with Crippen molar-refractivity contribution < 1.29 is 4.74 Å². The fourth-order valence-electron chi connectivity index (χ4n) is 8.12. The molecule has 0 aliphatic rings. The Morgan fingerprint density at radius 2 is 1.43 bits per heavy atom. The SMILES string of the molecule is Cc1cc(C)c(-c2c(C)nn(-c3cc(Oc4ccc5c6ccccc6n(-c6cc(CC(C)C)ccn6)c5c4)cc(C(C)(C)C)c3)c2CCC(C)C)c(C)c1. The number of para-hydroxylation sites is 1. The lowest BCUT2D eigenvalue weighted by Gasteiger charge is -2.22. The Morgan fingerprint density at radius 1 is 0.704 bits per heavy atom. The molecule has 4 aromatic carbocycles. The highest BCUT2D eigenvalue weighted by Crippen LogP contribution is 2.39. The molecule has 0 aliphatic heterocycles. The highest BCUT2D eigenvalue weighted by atomic mass is 16.5. The number of hydrogen-bond acceptors (Lipinski definition) is 3. The Bertz CT molecular complexity index is 2460. The first kappa shape index (κ1) is 37.2. The summed E-state index contributed by atoms with van der Waals surface area (Å²) in [6.45, 7) is 24.7. The van der Waals surface area contributed by atoms with Crippen LogP contribution in [0.15, 0.2) is 91.1 Å². The van der Waals surface area contributed by atoms with E-state index in [9.17, 15) is 0 Å². The summed E-state index contributed by atoms with van der Waals surface area (Å²) in [5.74, 6) is 3.63. The highest BCUT2D eigenvalue weighted by molar-refractivity contribution is 6.09. The minimum absolute atomic E-state index is 0.107. The fourth-order valence-corrected chi connectivity index (χ4v) is 8.12. The smallest absolute Gasteiger partial charge is 0.137 e. The topological polar surface area (TPSA) is 44.9 Å². The van der Waals surface area contributed by atoms with E-state index in [1.807, 2.05) is 6.20 Å². The van der Waals surface area contributed by atoms with E-state index in [0.717, 1.165) is 59.0 Å². The van der Waals surface area contributed by atoms with Crippen molar-refractivity contribution in [2.75, 3.05) is 0 Å². The van der Waals surface area contributed by atoms with Crippen LogP contribution in [0.1, 0.15) is 94.1 Å². The second kappa shape index (κ2) is 14.6. The van der Waals surface area contributed by atoms with Crippen molar-refractivity contribution in [1.29, 1.82) is 0 Å². The van der Waals surface area contributed by atoms with Gasteiger partial charge in [-0.3, -0.25) is 4.57 Å². The van der Waals surface area contributed by atoms with Gasteiger partial charge in [0.1, 0.15) is 17.3 Å². The van der Waals surface area contributed by atoms with Gasteiger partial charge in [-0.2, -0.15) is 5.10 Å². The number of ether oxygens (including phenoxy) is 1. The van der Waals surface area contributed by atoms with Gasteiger partial charge in [-0.15, -0.1) is 0 Å². The maximum Gasteiger partial charge on any atom is 0.137 e. The lowest BCUT2D eigenvalue weighted by molar-refractivity contribution is 0.478. The molecule has 0 fully saturated rings. The molecule has 54 heavy (non-hydrogen) atoms. The zero-order valence-corrected chi connectivity index (χ0v) is 34.1. The van der Waals surface area contributed by atoms with Crippen molar-refractivity contribution in [2.24, 2.45) is 11.8 Å². The number of fused-ring (bicyclic) bond motifs is 3. The molecule has 0 aliphatic carbocycles. The molecule has 7 aromatic rings.